The third kappa shape index (κ3) is 6.88. The second-order valence-corrected chi connectivity index (χ2v) is 21.0. The van der Waals surface area contributed by atoms with Gasteiger partial charge < -0.3 is 13.6 Å². The van der Waals surface area contributed by atoms with Crippen molar-refractivity contribution >= 4 is 39.1 Å². The molecule has 6 heteroatoms. The van der Waals surface area contributed by atoms with Crippen molar-refractivity contribution in [2.24, 2.45) is 0 Å². The van der Waals surface area contributed by atoms with Crippen molar-refractivity contribution in [3.05, 3.63) is 60.7 Å². The molecule has 0 heterocycles. The number of carbonyl (C=O) groups excluding carboxylic acids is 2. The normalized spacial score (nSPS) is 14.9. The van der Waals surface area contributed by atoms with Crippen LogP contribution >= 0.6 is 0 Å². The van der Waals surface area contributed by atoms with Gasteiger partial charge in [0.2, 0.25) is 0 Å². The maximum absolute atomic E-state index is 12.8. The summed E-state index contributed by atoms with van der Waals surface area (Å²) < 4.78 is 13.7. The predicted octanol–water partition coefficient (Wildman–Crippen LogP) is 5.89. The van der Waals surface area contributed by atoms with E-state index in [-0.39, 0.29) is 22.3 Å². The van der Waals surface area contributed by atoms with E-state index in [1.54, 1.807) is 6.92 Å². The zero-order chi connectivity index (χ0) is 26.5. The van der Waals surface area contributed by atoms with Crippen LogP contribution in [0.5, 0.6) is 0 Å². The van der Waals surface area contributed by atoms with Gasteiger partial charge in [-0.15, -0.1) is 0 Å². The molecule has 0 saturated heterocycles. The predicted molar refractivity (Wildman–Crippen MR) is 151 cm³/mol. The Morgan fingerprint density at radius 1 is 0.829 bits per heavy atom. The first-order valence-corrected chi connectivity index (χ1v) is 17.4. The summed E-state index contributed by atoms with van der Waals surface area (Å²) in [5.41, 5.74) is 0. The SMILES string of the molecule is CC(=O)[C@H](C[C@@H](CC=O)O[Si](c1ccccc1)(c1ccccc1)C(C)(C)C)O[Si](C)(C)C(C)(C)C. The zero-order valence-corrected chi connectivity index (χ0v) is 25.1. The summed E-state index contributed by atoms with van der Waals surface area (Å²) in [4.78, 5) is 24.6. The number of ketones is 1. The van der Waals surface area contributed by atoms with Crippen molar-refractivity contribution in [3.63, 3.8) is 0 Å². The largest absolute Gasteiger partial charge is 0.407 e. The highest BCUT2D eigenvalue weighted by Crippen LogP contribution is 2.40. The Morgan fingerprint density at radius 2 is 1.29 bits per heavy atom. The van der Waals surface area contributed by atoms with E-state index in [0.717, 1.165) is 16.7 Å². The van der Waals surface area contributed by atoms with E-state index in [4.69, 9.17) is 8.85 Å². The maximum Gasteiger partial charge on any atom is 0.261 e. The molecule has 0 aliphatic heterocycles. The minimum atomic E-state index is -2.86. The smallest absolute Gasteiger partial charge is 0.261 e. The number of carbonyl (C=O) groups is 2. The molecule has 0 aliphatic rings. The minimum absolute atomic E-state index is 0.0169. The quantitative estimate of drug-likeness (QED) is 0.278. The Bertz CT molecular complexity index is 920. The van der Waals surface area contributed by atoms with Crippen LogP contribution in [0.15, 0.2) is 60.7 Å². The van der Waals surface area contributed by atoms with Crippen molar-refractivity contribution in [1.82, 2.24) is 0 Å². The summed E-state index contributed by atoms with van der Waals surface area (Å²) in [5.74, 6) is -0.0169. The Balaban J connectivity index is 2.58. The molecule has 0 radical (unpaired) electrons. The molecule has 2 aromatic carbocycles. The van der Waals surface area contributed by atoms with Crippen molar-refractivity contribution < 1.29 is 18.4 Å². The molecule has 4 nitrogen and oxygen atoms in total. The molecule has 2 atom stereocenters. The molecule has 0 aliphatic carbocycles. The average Bonchev–Trinajstić information content (AvgIpc) is 2.76. The number of hydrogen-bond acceptors (Lipinski definition) is 4. The van der Waals surface area contributed by atoms with Crippen LogP contribution in [0, 0.1) is 0 Å². The first kappa shape index (κ1) is 29.4. The van der Waals surface area contributed by atoms with Crippen molar-refractivity contribution in [3.8, 4) is 0 Å². The molecule has 0 amide bonds. The highest BCUT2D eigenvalue weighted by Gasteiger charge is 2.52. The van der Waals surface area contributed by atoms with E-state index < -0.39 is 28.8 Å². The molecule has 0 saturated carbocycles. The van der Waals surface area contributed by atoms with E-state index in [9.17, 15) is 9.59 Å². The number of benzene rings is 2. The third-order valence-electron chi connectivity index (χ3n) is 7.29. The molecule has 0 fully saturated rings. The molecule has 0 spiro atoms. The summed E-state index contributed by atoms with van der Waals surface area (Å²) in [6, 6.07) is 20.7. The fourth-order valence-corrected chi connectivity index (χ4v) is 10.3. The fourth-order valence-electron chi connectivity index (χ4n) is 4.31. The second kappa shape index (κ2) is 11.5. The van der Waals surface area contributed by atoms with Gasteiger partial charge in [-0.1, -0.05) is 102 Å². The van der Waals surface area contributed by atoms with E-state index in [1.807, 2.05) is 36.4 Å². The van der Waals surface area contributed by atoms with Crippen LogP contribution in [0.1, 0.15) is 61.3 Å². The highest BCUT2D eigenvalue weighted by atomic mass is 28.4. The summed E-state index contributed by atoms with van der Waals surface area (Å²) in [6.45, 7) is 19.0. The molecule has 0 aromatic heterocycles. The lowest BCUT2D eigenvalue weighted by Crippen LogP contribution is -2.68. The van der Waals surface area contributed by atoms with Gasteiger partial charge in [0, 0.05) is 12.8 Å². The standard InChI is InChI=1S/C29H44O4Si2/c1-23(31)27(33-34(8,9)28(2,3)4)22-24(20-21-30)32-35(29(5,6)7,25-16-12-10-13-17-25)26-18-14-11-15-19-26/h10-19,21,24,27H,20,22H2,1-9H3/t24-,27+/m1/s1. The summed E-state index contributed by atoms with van der Waals surface area (Å²) in [5, 5.41) is 2.06. The molecule has 192 valence electrons. The molecule has 2 aromatic rings. The average molecular weight is 513 g/mol. The minimum Gasteiger partial charge on any atom is -0.407 e. The van der Waals surface area contributed by atoms with Crippen molar-refractivity contribution in [2.45, 2.75) is 96.7 Å². The molecule has 0 unspecified atom stereocenters. The maximum atomic E-state index is 12.8. The number of rotatable bonds is 11. The van der Waals surface area contributed by atoms with Gasteiger partial charge >= 0.3 is 0 Å². The fraction of sp³-hybridized carbons (Fsp3) is 0.517. The van der Waals surface area contributed by atoms with Gasteiger partial charge in [-0.05, 0) is 40.5 Å². The molecular weight excluding hydrogens is 468 g/mol. The van der Waals surface area contributed by atoms with Crippen molar-refractivity contribution in [1.29, 1.82) is 0 Å². The number of hydrogen-bond donors (Lipinski definition) is 0. The van der Waals surface area contributed by atoms with E-state index in [0.29, 0.717) is 6.42 Å². The number of Topliss-reactive ketones (excluding diaryl/α,β-unsaturated/α-hetero) is 1. The lowest BCUT2D eigenvalue weighted by atomic mass is 10.1. The van der Waals surface area contributed by atoms with Gasteiger partial charge in [0.1, 0.15) is 12.4 Å². The number of aldehydes is 1. The topological polar surface area (TPSA) is 52.6 Å². The molecule has 35 heavy (non-hydrogen) atoms. The Labute approximate surface area is 214 Å². The van der Waals surface area contributed by atoms with Crippen LogP contribution in [0.25, 0.3) is 0 Å². The van der Waals surface area contributed by atoms with Crippen LogP contribution in [0.2, 0.25) is 23.2 Å². The van der Waals surface area contributed by atoms with Gasteiger partial charge in [-0.3, -0.25) is 4.79 Å². The zero-order valence-electron chi connectivity index (χ0n) is 23.1. The van der Waals surface area contributed by atoms with Crippen molar-refractivity contribution in [2.75, 3.05) is 0 Å². The van der Waals surface area contributed by atoms with E-state index in [1.165, 1.54) is 0 Å². The van der Waals surface area contributed by atoms with Gasteiger partial charge in [-0.2, -0.15) is 0 Å². The van der Waals surface area contributed by atoms with Gasteiger partial charge in [0.05, 0.1) is 6.10 Å². The van der Waals surface area contributed by atoms with Crippen LogP contribution in [0.3, 0.4) is 0 Å². The van der Waals surface area contributed by atoms with E-state index >= 15 is 0 Å². The van der Waals surface area contributed by atoms with Crippen LogP contribution in [-0.2, 0) is 18.4 Å². The third-order valence-corrected chi connectivity index (χ3v) is 16.9. The van der Waals surface area contributed by atoms with Crippen LogP contribution in [-0.4, -0.2) is 40.9 Å². The Hall–Kier alpha value is -1.87. The van der Waals surface area contributed by atoms with Gasteiger partial charge in [0.25, 0.3) is 8.32 Å². The first-order valence-electron chi connectivity index (χ1n) is 12.6. The Morgan fingerprint density at radius 3 is 1.63 bits per heavy atom. The molecule has 2 rings (SSSR count). The first-order chi connectivity index (χ1) is 16.2. The second-order valence-electron chi connectivity index (χ2n) is 12.0. The molecule has 0 N–H and O–H groups in total. The van der Waals surface area contributed by atoms with Gasteiger partial charge in [-0.25, -0.2) is 0 Å². The lowest BCUT2D eigenvalue weighted by molar-refractivity contribution is -0.126. The van der Waals surface area contributed by atoms with E-state index in [2.05, 4.69) is 78.9 Å². The highest BCUT2D eigenvalue weighted by molar-refractivity contribution is 6.99. The summed E-state index contributed by atoms with van der Waals surface area (Å²) in [7, 11) is -5.06. The lowest BCUT2D eigenvalue weighted by Gasteiger charge is -2.46. The van der Waals surface area contributed by atoms with Gasteiger partial charge in [0.15, 0.2) is 14.1 Å². The van der Waals surface area contributed by atoms with Crippen LogP contribution in [0.4, 0.5) is 0 Å². The summed E-state index contributed by atoms with van der Waals surface area (Å²) in [6.07, 6.45) is 0.461. The summed E-state index contributed by atoms with van der Waals surface area (Å²) >= 11 is 0. The Kier molecular flexibility index (Phi) is 9.61. The molecular formula is C29H44O4Si2. The monoisotopic (exact) mass is 512 g/mol. The molecule has 0 bridgehead atoms. The van der Waals surface area contributed by atoms with Crippen LogP contribution < -0.4 is 10.4 Å².